The van der Waals surface area contributed by atoms with Gasteiger partial charge in [0.1, 0.15) is 0 Å². The molecule has 2 nitrogen and oxygen atoms in total. The second-order valence-electron chi connectivity index (χ2n) is 8.61. The van der Waals surface area contributed by atoms with Crippen molar-refractivity contribution in [1.29, 1.82) is 0 Å². The zero-order valence-electron chi connectivity index (χ0n) is 16.8. The smallest absolute Gasteiger partial charge is 0.354 e. The van der Waals surface area contributed by atoms with E-state index in [0.717, 1.165) is 25.0 Å². The predicted octanol–water partition coefficient (Wildman–Crippen LogP) is 5.35. The van der Waals surface area contributed by atoms with Crippen LogP contribution in [0.5, 0.6) is 0 Å². The average molecular weight is 400 g/mol. The summed E-state index contributed by atoms with van der Waals surface area (Å²) in [6.45, 7) is 9.00. The fraction of sp³-hybridized carbons (Fsp3) is 0.435. The van der Waals surface area contributed by atoms with Crippen molar-refractivity contribution in [2.24, 2.45) is 11.1 Å². The van der Waals surface area contributed by atoms with Gasteiger partial charge in [-0.05, 0) is 35.6 Å². The molecule has 1 saturated carbocycles. The van der Waals surface area contributed by atoms with Gasteiger partial charge in [0.05, 0.1) is 11.1 Å². The topological polar surface area (TPSA) is 21.6 Å². The normalized spacial score (nSPS) is 22.6. The SMILES string of the molecule is C[C@@H]1CCC/C(=N\O[Si](c2ccccc2)(c2ccccc2)C(C)(C)C)[C@@H]1Cl. The molecule has 0 unspecified atom stereocenters. The van der Waals surface area contributed by atoms with Gasteiger partial charge in [0.25, 0.3) is 0 Å². The summed E-state index contributed by atoms with van der Waals surface area (Å²) in [6.07, 6.45) is 3.22. The van der Waals surface area contributed by atoms with Crippen LogP contribution in [0.3, 0.4) is 0 Å². The number of benzene rings is 2. The van der Waals surface area contributed by atoms with Crippen LogP contribution in [0.4, 0.5) is 0 Å². The highest BCUT2D eigenvalue weighted by Gasteiger charge is 2.53. The fourth-order valence-corrected chi connectivity index (χ4v) is 8.46. The summed E-state index contributed by atoms with van der Waals surface area (Å²) in [5.41, 5.74) is 1.00. The Morgan fingerprint density at radius 3 is 1.96 bits per heavy atom. The van der Waals surface area contributed by atoms with Gasteiger partial charge >= 0.3 is 8.32 Å². The Labute approximate surface area is 169 Å². The van der Waals surface area contributed by atoms with E-state index < -0.39 is 8.32 Å². The quantitative estimate of drug-likeness (QED) is 0.386. The van der Waals surface area contributed by atoms with Crippen molar-refractivity contribution in [2.45, 2.75) is 57.4 Å². The number of rotatable bonds is 4. The molecule has 1 aliphatic carbocycles. The molecule has 2 aromatic rings. The van der Waals surface area contributed by atoms with Gasteiger partial charge in [-0.3, -0.25) is 0 Å². The van der Waals surface area contributed by atoms with Crippen molar-refractivity contribution in [3.8, 4) is 0 Å². The van der Waals surface area contributed by atoms with Crippen molar-refractivity contribution in [2.75, 3.05) is 0 Å². The van der Waals surface area contributed by atoms with E-state index in [1.165, 1.54) is 10.4 Å². The predicted molar refractivity (Wildman–Crippen MR) is 119 cm³/mol. The van der Waals surface area contributed by atoms with E-state index in [-0.39, 0.29) is 10.4 Å². The maximum absolute atomic E-state index is 6.67. The Morgan fingerprint density at radius 1 is 0.963 bits per heavy atom. The summed E-state index contributed by atoms with van der Waals surface area (Å²) in [5.74, 6) is 0.446. The molecule has 2 aromatic carbocycles. The highest BCUT2D eigenvalue weighted by Crippen LogP contribution is 2.37. The molecule has 1 fully saturated rings. The number of nitrogens with zero attached hydrogens (tertiary/aromatic N) is 1. The Kier molecular flexibility index (Phi) is 6.12. The van der Waals surface area contributed by atoms with Crippen LogP contribution in [0.2, 0.25) is 5.04 Å². The molecule has 144 valence electrons. The van der Waals surface area contributed by atoms with Crippen molar-refractivity contribution in [3.05, 3.63) is 60.7 Å². The third-order valence-electron chi connectivity index (χ3n) is 5.63. The van der Waals surface area contributed by atoms with Crippen LogP contribution in [0.1, 0.15) is 47.0 Å². The molecule has 0 amide bonds. The Hall–Kier alpha value is -1.58. The summed E-state index contributed by atoms with van der Waals surface area (Å²) in [4.78, 5) is 0. The third-order valence-corrected chi connectivity index (χ3v) is 11.1. The first-order valence-electron chi connectivity index (χ1n) is 9.86. The maximum atomic E-state index is 6.67. The summed E-state index contributed by atoms with van der Waals surface area (Å²) in [5, 5.41) is 7.12. The van der Waals surface area contributed by atoms with E-state index in [1.54, 1.807) is 0 Å². The van der Waals surface area contributed by atoms with Gasteiger partial charge in [-0.25, -0.2) is 0 Å². The number of oxime groups is 1. The molecule has 0 N–H and O–H groups in total. The van der Waals surface area contributed by atoms with Gasteiger partial charge in [0.2, 0.25) is 0 Å². The molecule has 0 heterocycles. The van der Waals surface area contributed by atoms with Crippen LogP contribution in [-0.2, 0) is 4.53 Å². The molecule has 3 rings (SSSR count). The summed E-state index contributed by atoms with van der Waals surface area (Å²) >= 11 is 6.67. The monoisotopic (exact) mass is 399 g/mol. The van der Waals surface area contributed by atoms with E-state index >= 15 is 0 Å². The minimum atomic E-state index is -2.63. The second-order valence-corrected chi connectivity index (χ2v) is 13.3. The molecule has 0 aromatic heterocycles. The van der Waals surface area contributed by atoms with Crippen LogP contribution < -0.4 is 10.4 Å². The van der Waals surface area contributed by atoms with Crippen molar-refractivity contribution in [3.63, 3.8) is 0 Å². The molecule has 0 saturated heterocycles. The first-order valence-corrected chi connectivity index (χ1v) is 12.2. The lowest BCUT2D eigenvalue weighted by Gasteiger charge is -2.40. The minimum absolute atomic E-state index is 0.0306. The summed E-state index contributed by atoms with van der Waals surface area (Å²) in [6, 6.07) is 21.2. The van der Waals surface area contributed by atoms with Gasteiger partial charge in [-0.15, -0.1) is 16.8 Å². The van der Waals surface area contributed by atoms with Crippen molar-refractivity contribution in [1.82, 2.24) is 0 Å². The number of hydrogen-bond acceptors (Lipinski definition) is 2. The highest BCUT2D eigenvalue weighted by molar-refractivity contribution is 6.99. The zero-order valence-corrected chi connectivity index (χ0v) is 18.5. The molecule has 2 atom stereocenters. The molecular formula is C23H30ClNOSi. The number of alkyl halides is 1. The molecule has 0 bridgehead atoms. The lowest BCUT2D eigenvalue weighted by atomic mass is 9.89. The van der Waals surface area contributed by atoms with Gasteiger partial charge in [-0.2, -0.15) is 0 Å². The van der Waals surface area contributed by atoms with Gasteiger partial charge in [-0.1, -0.05) is 88.4 Å². The van der Waals surface area contributed by atoms with Gasteiger partial charge in [0, 0.05) is 5.04 Å². The second kappa shape index (κ2) is 8.20. The third kappa shape index (κ3) is 4.00. The molecule has 0 aliphatic heterocycles. The molecule has 0 radical (unpaired) electrons. The minimum Gasteiger partial charge on any atom is -0.443 e. The van der Waals surface area contributed by atoms with Crippen LogP contribution in [0.25, 0.3) is 0 Å². The van der Waals surface area contributed by atoms with Crippen LogP contribution in [0, 0.1) is 5.92 Å². The van der Waals surface area contributed by atoms with E-state index in [2.05, 4.69) is 88.4 Å². The highest BCUT2D eigenvalue weighted by atomic mass is 35.5. The number of halogens is 1. The van der Waals surface area contributed by atoms with Crippen LogP contribution in [-0.4, -0.2) is 19.4 Å². The molecule has 1 aliphatic rings. The summed E-state index contributed by atoms with van der Waals surface area (Å²) in [7, 11) is -2.63. The molecule has 0 spiro atoms. The van der Waals surface area contributed by atoms with Crippen LogP contribution in [0.15, 0.2) is 65.8 Å². The Bertz CT molecular complexity index is 730. The van der Waals surface area contributed by atoms with Crippen LogP contribution >= 0.6 is 11.6 Å². The maximum Gasteiger partial charge on any atom is 0.354 e. The van der Waals surface area contributed by atoms with E-state index in [9.17, 15) is 0 Å². The van der Waals surface area contributed by atoms with Crippen molar-refractivity contribution < 1.29 is 4.53 Å². The zero-order chi connectivity index (χ0) is 19.5. The first-order chi connectivity index (χ1) is 12.9. The fourth-order valence-electron chi connectivity index (χ4n) is 4.06. The van der Waals surface area contributed by atoms with Gasteiger partial charge < -0.3 is 4.53 Å². The lowest BCUT2D eigenvalue weighted by Crippen LogP contribution is -2.66. The summed E-state index contributed by atoms with van der Waals surface area (Å²) < 4.78 is 6.67. The number of hydrogen-bond donors (Lipinski definition) is 0. The first kappa shape index (κ1) is 20.2. The van der Waals surface area contributed by atoms with E-state index in [0.29, 0.717) is 5.92 Å². The molecule has 4 heteroatoms. The van der Waals surface area contributed by atoms with Crippen molar-refractivity contribution >= 4 is 36.0 Å². The average Bonchev–Trinajstić information content (AvgIpc) is 2.66. The molecular weight excluding hydrogens is 370 g/mol. The Morgan fingerprint density at radius 2 is 1.48 bits per heavy atom. The van der Waals surface area contributed by atoms with E-state index in [1.807, 2.05) is 0 Å². The Balaban J connectivity index is 2.12. The largest absolute Gasteiger partial charge is 0.443 e. The van der Waals surface area contributed by atoms with E-state index in [4.69, 9.17) is 21.3 Å². The van der Waals surface area contributed by atoms with Gasteiger partial charge in [0.15, 0.2) is 0 Å². The standard InChI is InChI=1S/C23H30ClNOSi/c1-18-12-11-17-21(22(18)24)25-26-27(23(2,3)4,19-13-7-5-8-14-19)20-15-9-6-10-16-20/h5-10,13-16,18,22H,11-12,17H2,1-4H3/b25-21+/t18-,22-/m1/s1. The molecule has 27 heavy (non-hydrogen) atoms. The lowest BCUT2D eigenvalue weighted by molar-refractivity contribution is 0.312.